The van der Waals surface area contributed by atoms with Crippen LogP contribution in [0.15, 0.2) is 0 Å². The fourth-order valence-corrected chi connectivity index (χ4v) is 0.976. The maximum atomic E-state index is 11.3. The zero-order chi connectivity index (χ0) is 9.90. The molecule has 0 bridgehead atoms. The molecular weight excluding hydrogens is 337 g/mol. The van der Waals surface area contributed by atoms with Gasteiger partial charge in [0.1, 0.15) is 6.04 Å². The Morgan fingerprint density at radius 3 is 2.50 bits per heavy atom. The van der Waals surface area contributed by atoms with Crippen LogP contribution in [0.4, 0.5) is 0 Å². The van der Waals surface area contributed by atoms with Crippen molar-refractivity contribution < 1.29 is 46.5 Å². The third kappa shape index (κ3) is 3.23. The number of rotatable bonds is 4. The molecule has 0 aromatic heterocycles. The van der Waals surface area contributed by atoms with Crippen LogP contribution in [0.5, 0.6) is 0 Å². The van der Waals surface area contributed by atoms with Crippen molar-refractivity contribution in [1.82, 2.24) is 10.6 Å². The summed E-state index contributed by atoms with van der Waals surface area (Å²) in [4.78, 5) is 21.7. The van der Waals surface area contributed by atoms with Gasteiger partial charge in [0.25, 0.3) is 0 Å². The van der Waals surface area contributed by atoms with Crippen LogP contribution in [-0.2, 0) is 9.59 Å². The Kier molecular flexibility index (Phi) is 5.65. The number of likely N-dealkylation sites (N-methyl/N-ethyl adjacent to an activating group) is 1. The van der Waals surface area contributed by atoms with Gasteiger partial charge in [0, 0.05) is 36.9 Å². The van der Waals surface area contributed by atoms with Gasteiger partial charge in [-0.15, -0.1) is 6.42 Å². The summed E-state index contributed by atoms with van der Waals surface area (Å²) in [6.45, 7) is 0. The van der Waals surface area contributed by atoms with Gasteiger partial charge in [-0.25, -0.2) is 6.29 Å². The van der Waals surface area contributed by atoms with Crippen LogP contribution >= 0.6 is 0 Å². The third-order valence-corrected chi connectivity index (χ3v) is 2.03. The molecule has 1 amide bonds. The van der Waals surface area contributed by atoms with Crippen molar-refractivity contribution in [2.24, 2.45) is 0 Å². The molecular formula is C9H11N2O2Tm-. The molecule has 2 N–H and O–H groups in total. The Labute approximate surface area is 112 Å². The van der Waals surface area contributed by atoms with Gasteiger partial charge in [0.15, 0.2) is 0 Å². The first-order valence-corrected chi connectivity index (χ1v) is 4.02. The van der Waals surface area contributed by atoms with E-state index in [0.717, 1.165) is 0 Å². The zero-order valence-corrected chi connectivity index (χ0v) is 9.44. The van der Waals surface area contributed by atoms with Crippen molar-refractivity contribution >= 4 is 12.2 Å². The Morgan fingerprint density at radius 2 is 2.21 bits per heavy atom. The molecule has 1 rings (SSSR count). The van der Waals surface area contributed by atoms with Crippen molar-refractivity contribution in [2.75, 3.05) is 7.05 Å². The third-order valence-electron chi connectivity index (χ3n) is 2.03. The van der Waals surface area contributed by atoms with Crippen LogP contribution < -0.4 is 10.6 Å². The largest absolute Gasteiger partial charge is 0.540 e. The second-order valence-corrected chi connectivity index (χ2v) is 3.06. The molecule has 1 aliphatic rings. The minimum atomic E-state index is -0.747. The van der Waals surface area contributed by atoms with E-state index in [9.17, 15) is 9.59 Å². The van der Waals surface area contributed by atoms with E-state index in [4.69, 9.17) is 6.42 Å². The molecule has 1 saturated carbocycles. The molecule has 0 aromatic carbocycles. The molecule has 0 saturated heterocycles. The first kappa shape index (κ1) is 13.9. The fourth-order valence-electron chi connectivity index (χ4n) is 0.976. The minimum Gasteiger partial charge on any atom is -0.540 e. The summed E-state index contributed by atoms with van der Waals surface area (Å²) in [5.74, 6) is 1.93. The van der Waals surface area contributed by atoms with Crippen molar-refractivity contribution in [1.29, 1.82) is 0 Å². The summed E-state index contributed by atoms with van der Waals surface area (Å²) < 4.78 is 0. The number of carbonyl (C=O) groups is 1. The van der Waals surface area contributed by atoms with Gasteiger partial charge in [0.05, 0.1) is 0 Å². The summed E-state index contributed by atoms with van der Waals surface area (Å²) in [6, 6.07) is -0.675. The van der Waals surface area contributed by atoms with Crippen molar-refractivity contribution in [2.45, 2.75) is 24.4 Å². The van der Waals surface area contributed by atoms with E-state index in [2.05, 4.69) is 16.6 Å². The van der Waals surface area contributed by atoms with E-state index in [1.807, 2.05) is 6.29 Å². The summed E-state index contributed by atoms with van der Waals surface area (Å²) in [5, 5.41) is 5.20. The average Bonchev–Trinajstić information content (AvgIpc) is 2.88. The molecule has 1 aliphatic carbocycles. The SMILES string of the molecule is C#C[C@H](NC)C(=O)NC1([C-]=O)CC1.[Tm]. The monoisotopic (exact) mass is 348 g/mol. The molecule has 0 heterocycles. The second kappa shape index (κ2) is 5.70. The first-order valence-electron chi connectivity index (χ1n) is 4.02. The Balaban J connectivity index is 0.00000169. The molecule has 0 aromatic rings. The molecule has 0 aliphatic heterocycles. The number of hydrogen-bond acceptors (Lipinski definition) is 3. The number of hydrogen-bond donors (Lipinski definition) is 2. The zero-order valence-electron chi connectivity index (χ0n) is 7.66. The van der Waals surface area contributed by atoms with Gasteiger partial charge < -0.3 is 10.1 Å². The fraction of sp³-hybridized carbons (Fsp3) is 0.556. The predicted molar refractivity (Wildman–Crippen MR) is 47.5 cm³/mol. The van der Waals surface area contributed by atoms with Crippen LogP contribution in [0.3, 0.4) is 0 Å². The molecule has 1 atom stereocenters. The first-order chi connectivity index (χ1) is 6.17. The smallest absolute Gasteiger partial charge is 0.247 e. The van der Waals surface area contributed by atoms with E-state index in [-0.39, 0.29) is 42.8 Å². The van der Waals surface area contributed by atoms with Gasteiger partial charge in [-0.2, -0.15) is 0 Å². The van der Waals surface area contributed by atoms with Gasteiger partial charge >= 0.3 is 0 Å². The van der Waals surface area contributed by atoms with Crippen molar-refractivity contribution in [3.63, 3.8) is 0 Å². The Bertz CT molecular complexity index is 268. The van der Waals surface area contributed by atoms with E-state index >= 15 is 0 Å². The van der Waals surface area contributed by atoms with Gasteiger partial charge in [0.2, 0.25) is 5.91 Å². The summed E-state index contributed by atoms with van der Waals surface area (Å²) in [6.07, 6.45) is 8.21. The summed E-state index contributed by atoms with van der Waals surface area (Å²) in [7, 11) is 1.59. The molecule has 5 heteroatoms. The maximum absolute atomic E-state index is 11.3. The molecule has 4 nitrogen and oxygen atoms in total. The van der Waals surface area contributed by atoms with Crippen LogP contribution in [0.2, 0.25) is 0 Å². The molecule has 83 valence electrons. The Hall–Kier alpha value is -0.106. The van der Waals surface area contributed by atoms with E-state index in [0.29, 0.717) is 12.8 Å². The van der Waals surface area contributed by atoms with Crippen LogP contribution in [0, 0.1) is 49.2 Å². The summed E-state index contributed by atoms with van der Waals surface area (Å²) in [5.41, 5.74) is -0.747. The van der Waals surface area contributed by atoms with E-state index < -0.39 is 11.6 Å². The van der Waals surface area contributed by atoms with E-state index in [1.54, 1.807) is 7.05 Å². The molecule has 1 radical (unpaired) electrons. The predicted octanol–water partition coefficient (Wildman–Crippen LogP) is -1.03. The number of nitrogens with one attached hydrogen (secondary N) is 2. The molecule has 0 unspecified atom stereocenters. The Morgan fingerprint density at radius 1 is 1.64 bits per heavy atom. The van der Waals surface area contributed by atoms with Gasteiger partial charge in [-0.05, 0) is 7.05 Å². The average molecular weight is 348 g/mol. The van der Waals surface area contributed by atoms with E-state index in [1.165, 1.54) is 0 Å². The number of amides is 1. The van der Waals surface area contributed by atoms with Gasteiger partial charge in [-0.3, -0.25) is 10.1 Å². The van der Waals surface area contributed by atoms with Crippen LogP contribution in [0.25, 0.3) is 0 Å². The maximum Gasteiger partial charge on any atom is 0.247 e. The number of carbonyl (C=O) groups excluding carboxylic acids is 2. The quantitative estimate of drug-likeness (QED) is 0.505. The topological polar surface area (TPSA) is 58.2 Å². The molecule has 1 fully saturated rings. The minimum absolute atomic E-state index is 0. The normalized spacial score (nSPS) is 18.3. The second-order valence-electron chi connectivity index (χ2n) is 3.06. The standard InChI is InChI=1S/C9H11N2O2.Tm/c1-3-7(10-2)8(13)11-9(6-12)4-5-9;/h1,7,10H,4-5H2,2H3,(H,11,13);/q-1;/t7-;/m0./s1. The van der Waals surface area contributed by atoms with Crippen LogP contribution in [0.1, 0.15) is 12.8 Å². The number of terminal acetylenes is 1. The molecule has 14 heavy (non-hydrogen) atoms. The van der Waals surface area contributed by atoms with Gasteiger partial charge in [-0.1, -0.05) is 24.3 Å². The van der Waals surface area contributed by atoms with Crippen LogP contribution in [-0.4, -0.2) is 30.8 Å². The van der Waals surface area contributed by atoms with Crippen molar-refractivity contribution in [3.8, 4) is 12.3 Å². The van der Waals surface area contributed by atoms with Crippen molar-refractivity contribution in [3.05, 3.63) is 0 Å². The summed E-state index contributed by atoms with van der Waals surface area (Å²) >= 11 is 0. The molecule has 0 spiro atoms.